The topological polar surface area (TPSA) is 63.3 Å². The highest BCUT2D eigenvalue weighted by Crippen LogP contribution is 2.13. The van der Waals surface area contributed by atoms with Crippen molar-refractivity contribution in [2.75, 3.05) is 5.75 Å². The first-order valence-corrected chi connectivity index (χ1v) is 4.72. The number of carbonyl (C=O) groups is 1. The van der Waals surface area contributed by atoms with Crippen molar-refractivity contribution in [2.45, 2.75) is 31.6 Å². The van der Waals surface area contributed by atoms with Crippen LogP contribution in [0.2, 0.25) is 0 Å². The number of hydrogen-bond donors (Lipinski definition) is 2. The number of nitrogens with two attached hydrogens (primary N) is 1. The van der Waals surface area contributed by atoms with Crippen molar-refractivity contribution in [1.82, 2.24) is 0 Å². The van der Waals surface area contributed by atoms with Crippen LogP contribution in [0.1, 0.15) is 20.3 Å². The zero-order valence-corrected chi connectivity index (χ0v) is 7.73. The molecule has 0 fully saturated rings. The first-order valence-electron chi connectivity index (χ1n) is 3.68. The lowest BCUT2D eigenvalue weighted by molar-refractivity contribution is -0.137. The van der Waals surface area contributed by atoms with Gasteiger partial charge in [-0.25, -0.2) is 0 Å². The van der Waals surface area contributed by atoms with Gasteiger partial charge in [-0.15, -0.1) is 0 Å². The summed E-state index contributed by atoms with van der Waals surface area (Å²) in [5.74, 6) is -0.412. The van der Waals surface area contributed by atoms with E-state index in [-0.39, 0.29) is 0 Å². The Balaban J connectivity index is 3.45. The third-order valence-electron chi connectivity index (χ3n) is 1.45. The number of aliphatic carboxylic acids is 1. The highest BCUT2D eigenvalue weighted by Gasteiger charge is 2.12. The number of carboxylic acid groups (broad SMARTS) is 1. The molecule has 11 heavy (non-hydrogen) atoms. The molecule has 66 valence electrons. The van der Waals surface area contributed by atoms with E-state index in [2.05, 4.69) is 13.8 Å². The highest BCUT2D eigenvalue weighted by molar-refractivity contribution is 7.99. The molecular formula is C7H15NO2S. The van der Waals surface area contributed by atoms with E-state index in [1.165, 1.54) is 0 Å². The van der Waals surface area contributed by atoms with Gasteiger partial charge in [-0.1, -0.05) is 13.8 Å². The summed E-state index contributed by atoms with van der Waals surface area (Å²) in [4.78, 5) is 10.3. The Morgan fingerprint density at radius 2 is 2.27 bits per heavy atom. The van der Waals surface area contributed by atoms with Crippen LogP contribution in [0.25, 0.3) is 0 Å². The summed E-state index contributed by atoms with van der Waals surface area (Å²) >= 11 is 1.61. The minimum Gasteiger partial charge on any atom is -0.480 e. The molecule has 0 radical (unpaired) electrons. The molecule has 0 aromatic rings. The molecule has 1 unspecified atom stereocenters. The van der Waals surface area contributed by atoms with Gasteiger partial charge in [0.05, 0.1) is 0 Å². The van der Waals surface area contributed by atoms with Gasteiger partial charge in [-0.3, -0.25) is 4.79 Å². The molecule has 0 aliphatic heterocycles. The maximum atomic E-state index is 10.3. The quantitative estimate of drug-likeness (QED) is 0.655. The molecule has 0 bridgehead atoms. The molecule has 0 aromatic heterocycles. The Kier molecular flexibility index (Phi) is 5.32. The molecule has 0 heterocycles. The van der Waals surface area contributed by atoms with Crippen molar-refractivity contribution in [3.8, 4) is 0 Å². The van der Waals surface area contributed by atoms with E-state index >= 15 is 0 Å². The molecule has 2 atom stereocenters. The molecule has 0 rings (SSSR count). The zero-order chi connectivity index (χ0) is 8.85. The van der Waals surface area contributed by atoms with Crippen LogP contribution >= 0.6 is 11.8 Å². The lowest BCUT2D eigenvalue weighted by atomic mass is 10.4. The Hall–Kier alpha value is -0.220. The summed E-state index contributed by atoms with van der Waals surface area (Å²) in [6, 6.07) is -0.714. The molecule has 0 saturated heterocycles. The number of rotatable bonds is 5. The molecule has 0 amide bonds. The van der Waals surface area contributed by atoms with E-state index in [0.717, 1.165) is 6.42 Å². The van der Waals surface area contributed by atoms with Crippen molar-refractivity contribution in [3.05, 3.63) is 0 Å². The zero-order valence-electron chi connectivity index (χ0n) is 6.91. The summed E-state index contributed by atoms with van der Waals surface area (Å²) in [7, 11) is 0. The standard InChI is InChI=1S/C7H15NO2S/c1-3-5(2)11-4-6(8)7(9)10/h5-6H,3-4,8H2,1-2H3,(H,9,10)/t5?,6-/m0/s1. The van der Waals surface area contributed by atoms with Crippen LogP contribution in [0.15, 0.2) is 0 Å². The van der Waals surface area contributed by atoms with Crippen LogP contribution in [0, 0.1) is 0 Å². The lowest BCUT2D eigenvalue weighted by Crippen LogP contribution is -2.33. The maximum absolute atomic E-state index is 10.3. The first kappa shape index (κ1) is 10.8. The molecule has 0 aromatic carbocycles. The van der Waals surface area contributed by atoms with Gasteiger partial charge in [0.15, 0.2) is 0 Å². The Morgan fingerprint density at radius 3 is 2.64 bits per heavy atom. The van der Waals surface area contributed by atoms with Crippen LogP contribution in [-0.2, 0) is 4.79 Å². The number of thioether (sulfide) groups is 1. The normalized spacial score (nSPS) is 15.9. The molecule has 0 spiro atoms. The van der Waals surface area contributed by atoms with E-state index < -0.39 is 12.0 Å². The van der Waals surface area contributed by atoms with Gasteiger partial charge in [0.1, 0.15) is 6.04 Å². The van der Waals surface area contributed by atoms with E-state index in [4.69, 9.17) is 10.8 Å². The van der Waals surface area contributed by atoms with Crippen molar-refractivity contribution >= 4 is 17.7 Å². The van der Waals surface area contributed by atoms with E-state index in [1.807, 2.05) is 0 Å². The number of carboxylic acids is 1. The predicted molar refractivity (Wildman–Crippen MR) is 47.8 cm³/mol. The van der Waals surface area contributed by atoms with Crippen LogP contribution in [0.3, 0.4) is 0 Å². The predicted octanol–water partition coefficient (Wildman–Crippen LogP) is 0.930. The van der Waals surface area contributed by atoms with Crippen LogP contribution in [0.4, 0.5) is 0 Å². The van der Waals surface area contributed by atoms with Crippen LogP contribution < -0.4 is 5.73 Å². The van der Waals surface area contributed by atoms with Crippen LogP contribution in [-0.4, -0.2) is 28.1 Å². The van der Waals surface area contributed by atoms with Crippen molar-refractivity contribution in [3.63, 3.8) is 0 Å². The van der Waals surface area contributed by atoms with E-state index in [9.17, 15) is 4.79 Å². The summed E-state index contributed by atoms with van der Waals surface area (Å²) in [5, 5.41) is 8.93. The highest BCUT2D eigenvalue weighted by atomic mass is 32.2. The number of hydrogen-bond acceptors (Lipinski definition) is 3. The van der Waals surface area contributed by atoms with Gasteiger partial charge < -0.3 is 10.8 Å². The van der Waals surface area contributed by atoms with Crippen molar-refractivity contribution in [2.24, 2.45) is 5.73 Å². The average Bonchev–Trinajstić information content (AvgIpc) is 1.99. The smallest absolute Gasteiger partial charge is 0.321 e. The van der Waals surface area contributed by atoms with E-state index in [1.54, 1.807) is 11.8 Å². The monoisotopic (exact) mass is 177 g/mol. The molecule has 3 N–H and O–H groups in total. The molecule has 0 aliphatic rings. The largest absolute Gasteiger partial charge is 0.480 e. The molecule has 4 heteroatoms. The Bertz CT molecular complexity index is 130. The third-order valence-corrected chi connectivity index (χ3v) is 2.91. The third kappa shape index (κ3) is 5.09. The summed E-state index contributed by atoms with van der Waals surface area (Å²) in [6.07, 6.45) is 1.05. The molecule has 0 saturated carbocycles. The summed E-state index contributed by atoms with van der Waals surface area (Å²) < 4.78 is 0. The fraction of sp³-hybridized carbons (Fsp3) is 0.857. The second-order valence-electron chi connectivity index (χ2n) is 2.50. The average molecular weight is 177 g/mol. The fourth-order valence-corrected chi connectivity index (χ4v) is 1.37. The summed E-state index contributed by atoms with van der Waals surface area (Å²) in [5.41, 5.74) is 5.30. The van der Waals surface area contributed by atoms with Gasteiger partial charge in [0, 0.05) is 11.0 Å². The maximum Gasteiger partial charge on any atom is 0.321 e. The lowest BCUT2D eigenvalue weighted by Gasteiger charge is -2.09. The van der Waals surface area contributed by atoms with Gasteiger partial charge in [-0.05, 0) is 6.42 Å². The van der Waals surface area contributed by atoms with Gasteiger partial charge in [0.2, 0.25) is 0 Å². The first-order chi connectivity index (χ1) is 5.07. The van der Waals surface area contributed by atoms with E-state index in [0.29, 0.717) is 11.0 Å². The van der Waals surface area contributed by atoms with Gasteiger partial charge >= 0.3 is 5.97 Å². The molecule has 0 aliphatic carbocycles. The Morgan fingerprint density at radius 1 is 1.73 bits per heavy atom. The van der Waals surface area contributed by atoms with Gasteiger partial charge in [-0.2, -0.15) is 11.8 Å². The molecular weight excluding hydrogens is 162 g/mol. The Labute approximate surface area is 71.3 Å². The minimum absolute atomic E-state index is 0.500. The molecule has 3 nitrogen and oxygen atoms in total. The SMILES string of the molecule is CCC(C)SC[C@H](N)C(=O)O. The second-order valence-corrected chi connectivity index (χ2v) is 3.97. The van der Waals surface area contributed by atoms with Crippen LogP contribution in [0.5, 0.6) is 0 Å². The second kappa shape index (κ2) is 5.43. The van der Waals surface area contributed by atoms with Crippen molar-refractivity contribution in [1.29, 1.82) is 0 Å². The van der Waals surface area contributed by atoms with Crippen molar-refractivity contribution < 1.29 is 9.90 Å². The summed E-state index contributed by atoms with van der Waals surface area (Å²) in [6.45, 7) is 4.14. The fourth-order valence-electron chi connectivity index (χ4n) is 0.457. The minimum atomic E-state index is -0.916. The van der Waals surface area contributed by atoms with Gasteiger partial charge in [0.25, 0.3) is 0 Å².